The van der Waals surface area contributed by atoms with Crippen LogP contribution < -0.4 is 0 Å². The zero-order valence-electron chi connectivity index (χ0n) is 8.82. The van der Waals surface area contributed by atoms with E-state index in [1.165, 1.54) is 12.8 Å². The number of nitrogens with zero attached hydrogens (tertiary/aromatic N) is 2. The molecule has 0 spiro atoms. The third-order valence-corrected chi connectivity index (χ3v) is 2.92. The number of carbonyl (C=O) groups is 2. The molecule has 2 aliphatic rings. The van der Waals surface area contributed by atoms with Gasteiger partial charge < -0.3 is 9.80 Å². The monoisotopic (exact) mass is 208 g/mol. The molecular weight excluding hydrogens is 192 g/mol. The molecule has 4 nitrogen and oxygen atoms in total. The lowest BCUT2D eigenvalue weighted by atomic mass is 10.2. The van der Waals surface area contributed by atoms with Crippen molar-refractivity contribution in [3.8, 4) is 0 Å². The van der Waals surface area contributed by atoms with E-state index >= 15 is 0 Å². The number of hydrogen-bond donors (Lipinski definition) is 0. The van der Waals surface area contributed by atoms with E-state index in [2.05, 4.69) is 6.58 Å². The Morgan fingerprint density at radius 2 is 1.80 bits per heavy atom. The second-order valence-electron chi connectivity index (χ2n) is 4.23. The van der Waals surface area contributed by atoms with E-state index in [9.17, 15) is 9.59 Å². The van der Waals surface area contributed by atoms with Gasteiger partial charge in [-0.25, -0.2) is 0 Å². The van der Waals surface area contributed by atoms with E-state index in [0.717, 1.165) is 6.54 Å². The first kappa shape index (κ1) is 10.2. The first-order chi connectivity index (χ1) is 7.22. The maximum atomic E-state index is 11.7. The molecule has 0 unspecified atom stereocenters. The molecule has 0 aromatic rings. The van der Waals surface area contributed by atoms with Gasteiger partial charge in [-0.1, -0.05) is 6.08 Å². The molecule has 4 heteroatoms. The fourth-order valence-corrected chi connectivity index (χ4v) is 1.83. The molecule has 2 rings (SSSR count). The molecule has 2 fully saturated rings. The molecule has 1 heterocycles. The lowest BCUT2D eigenvalue weighted by Crippen LogP contribution is -2.54. The van der Waals surface area contributed by atoms with Gasteiger partial charge >= 0.3 is 11.8 Å². The van der Waals surface area contributed by atoms with Gasteiger partial charge in [0.05, 0.1) is 0 Å². The van der Waals surface area contributed by atoms with Crippen molar-refractivity contribution in [2.45, 2.75) is 12.8 Å². The first-order valence-corrected chi connectivity index (χ1v) is 5.41. The molecule has 1 saturated carbocycles. The van der Waals surface area contributed by atoms with Gasteiger partial charge in [-0.15, -0.1) is 6.58 Å². The van der Waals surface area contributed by atoms with Crippen LogP contribution in [0, 0.1) is 5.92 Å². The molecule has 0 bridgehead atoms. The average molecular weight is 208 g/mol. The zero-order chi connectivity index (χ0) is 10.8. The van der Waals surface area contributed by atoms with Crippen LogP contribution >= 0.6 is 0 Å². The third kappa shape index (κ3) is 2.19. The summed E-state index contributed by atoms with van der Waals surface area (Å²) >= 11 is 0. The lowest BCUT2D eigenvalue weighted by Gasteiger charge is -2.33. The van der Waals surface area contributed by atoms with Crippen molar-refractivity contribution in [2.24, 2.45) is 5.92 Å². The molecule has 0 atom stereocenters. The van der Waals surface area contributed by atoms with Crippen molar-refractivity contribution in [1.82, 2.24) is 9.80 Å². The Bertz CT molecular complexity index is 297. The quantitative estimate of drug-likeness (QED) is 0.491. The maximum Gasteiger partial charge on any atom is 0.312 e. The normalized spacial score (nSPS) is 22.1. The van der Waals surface area contributed by atoms with Gasteiger partial charge in [0.15, 0.2) is 0 Å². The van der Waals surface area contributed by atoms with Crippen LogP contribution in [0.4, 0.5) is 0 Å². The minimum absolute atomic E-state index is 0.338. The van der Waals surface area contributed by atoms with Gasteiger partial charge in [0.1, 0.15) is 0 Å². The summed E-state index contributed by atoms with van der Waals surface area (Å²) < 4.78 is 0. The second-order valence-corrected chi connectivity index (χ2v) is 4.23. The van der Waals surface area contributed by atoms with Crippen LogP contribution in [-0.2, 0) is 9.59 Å². The number of rotatable bonds is 4. The lowest BCUT2D eigenvalue weighted by molar-refractivity contribution is -0.155. The Balaban J connectivity index is 1.93. The van der Waals surface area contributed by atoms with Gasteiger partial charge in [-0.05, 0) is 18.8 Å². The molecule has 1 saturated heterocycles. The smallest absolute Gasteiger partial charge is 0.312 e. The topological polar surface area (TPSA) is 40.6 Å². The fourth-order valence-electron chi connectivity index (χ4n) is 1.83. The average Bonchev–Trinajstić information content (AvgIpc) is 3.02. The standard InChI is InChI=1S/C11H16N2O2/c1-2-5-12-6-7-13(8-9-3-4-9)11(15)10(12)14/h2,9H,1,3-8H2. The largest absolute Gasteiger partial charge is 0.332 e. The number of piperazine rings is 1. The molecular formula is C11H16N2O2. The summed E-state index contributed by atoms with van der Waals surface area (Å²) in [6.07, 6.45) is 4.06. The van der Waals surface area contributed by atoms with Crippen LogP contribution in [0.3, 0.4) is 0 Å². The molecule has 0 aromatic heterocycles. The number of amides is 2. The summed E-state index contributed by atoms with van der Waals surface area (Å²) in [5.74, 6) is -0.0653. The maximum absolute atomic E-state index is 11.7. The molecule has 1 aliphatic heterocycles. The highest BCUT2D eigenvalue weighted by atomic mass is 16.2. The summed E-state index contributed by atoms with van der Waals surface area (Å²) in [5, 5.41) is 0. The van der Waals surface area contributed by atoms with Gasteiger partial charge in [0.25, 0.3) is 0 Å². The molecule has 2 amide bonds. The minimum atomic E-state index is -0.373. The van der Waals surface area contributed by atoms with Gasteiger partial charge in [0, 0.05) is 26.2 Å². The second kappa shape index (κ2) is 4.04. The molecule has 15 heavy (non-hydrogen) atoms. The van der Waals surface area contributed by atoms with Crippen LogP contribution in [-0.4, -0.2) is 47.8 Å². The van der Waals surface area contributed by atoms with Crippen LogP contribution in [0.5, 0.6) is 0 Å². The Labute approximate surface area is 89.5 Å². The Morgan fingerprint density at radius 1 is 1.20 bits per heavy atom. The van der Waals surface area contributed by atoms with Crippen molar-refractivity contribution >= 4 is 11.8 Å². The third-order valence-electron chi connectivity index (χ3n) is 2.92. The summed E-state index contributed by atoms with van der Waals surface area (Å²) in [6, 6.07) is 0. The van der Waals surface area contributed by atoms with Crippen molar-refractivity contribution in [3.63, 3.8) is 0 Å². The SMILES string of the molecule is C=CCN1CCN(CC2CC2)C(=O)C1=O. The zero-order valence-corrected chi connectivity index (χ0v) is 8.82. The molecule has 0 N–H and O–H groups in total. The van der Waals surface area contributed by atoms with Crippen LogP contribution in [0.1, 0.15) is 12.8 Å². The van der Waals surface area contributed by atoms with E-state index in [1.54, 1.807) is 15.9 Å². The summed E-state index contributed by atoms with van der Waals surface area (Å²) in [6.45, 7) is 6.13. The Morgan fingerprint density at radius 3 is 2.40 bits per heavy atom. The predicted molar refractivity (Wildman–Crippen MR) is 56.1 cm³/mol. The van der Waals surface area contributed by atoms with Crippen molar-refractivity contribution in [3.05, 3.63) is 12.7 Å². The van der Waals surface area contributed by atoms with E-state index < -0.39 is 0 Å². The highest BCUT2D eigenvalue weighted by Crippen LogP contribution is 2.30. The highest BCUT2D eigenvalue weighted by Gasteiger charge is 2.35. The van der Waals surface area contributed by atoms with E-state index in [1.807, 2.05) is 0 Å². The summed E-state index contributed by atoms with van der Waals surface area (Å²) in [7, 11) is 0. The van der Waals surface area contributed by atoms with Gasteiger partial charge in [-0.2, -0.15) is 0 Å². The van der Waals surface area contributed by atoms with Gasteiger partial charge in [0.2, 0.25) is 0 Å². The first-order valence-electron chi connectivity index (χ1n) is 5.41. The number of hydrogen-bond acceptors (Lipinski definition) is 2. The van der Waals surface area contributed by atoms with Crippen LogP contribution in [0.2, 0.25) is 0 Å². The molecule has 82 valence electrons. The minimum Gasteiger partial charge on any atom is -0.332 e. The predicted octanol–water partition coefficient (Wildman–Crippen LogP) is 0.253. The Hall–Kier alpha value is -1.32. The highest BCUT2D eigenvalue weighted by molar-refractivity contribution is 6.35. The van der Waals surface area contributed by atoms with E-state index in [-0.39, 0.29) is 11.8 Å². The van der Waals surface area contributed by atoms with E-state index in [4.69, 9.17) is 0 Å². The van der Waals surface area contributed by atoms with Crippen molar-refractivity contribution in [1.29, 1.82) is 0 Å². The molecule has 0 radical (unpaired) electrons. The number of carbonyl (C=O) groups excluding carboxylic acids is 2. The van der Waals surface area contributed by atoms with Crippen molar-refractivity contribution in [2.75, 3.05) is 26.2 Å². The van der Waals surface area contributed by atoms with E-state index in [0.29, 0.717) is 25.6 Å². The molecule has 1 aliphatic carbocycles. The van der Waals surface area contributed by atoms with Crippen LogP contribution in [0.25, 0.3) is 0 Å². The Kier molecular flexibility index (Phi) is 2.75. The van der Waals surface area contributed by atoms with Crippen LogP contribution in [0.15, 0.2) is 12.7 Å². The van der Waals surface area contributed by atoms with Gasteiger partial charge in [-0.3, -0.25) is 9.59 Å². The summed E-state index contributed by atoms with van der Waals surface area (Å²) in [4.78, 5) is 26.5. The molecule has 0 aromatic carbocycles. The fraction of sp³-hybridized carbons (Fsp3) is 0.636. The van der Waals surface area contributed by atoms with Crippen molar-refractivity contribution < 1.29 is 9.59 Å². The summed E-state index contributed by atoms with van der Waals surface area (Å²) in [5.41, 5.74) is 0.